The van der Waals surface area contributed by atoms with Gasteiger partial charge in [0.2, 0.25) is 5.95 Å². The fourth-order valence-corrected chi connectivity index (χ4v) is 3.38. The van der Waals surface area contributed by atoms with Crippen molar-refractivity contribution in [2.45, 2.75) is 50.4 Å². The number of para-hydroxylation sites is 1. The van der Waals surface area contributed by atoms with Gasteiger partial charge in [0.25, 0.3) is 0 Å². The van der Waals surface area contributed by atoms with Gasteiger partial charge in [-0.25, -0.2) is 9.97 Å². The highest BCUT2D eigenvalue weighted by Crippen LogP contribution is 2.27. The van der Waals surface area contributed by atoms with E-state index in [1.54, 1.807) is 0 Å². The maximum absolute atomic E-state index is 9.62. The SMILES string of the molecule is OC1CCC(Nc2ncc3cccc(O[C@@H]4CCOC4)c3n2)CC1. The lowest BCUT2D eigenvalue weighted by molar-refractivity contribution is 0.126. The van der Waals surface area contributed by atoms with Crippen LogP contribution in [0.4, 0.5) is 5.95 Å². The molecule has 2 N–H and O–H groups in total. The standard InChI is InChI=1S/C18H23N3O3/c22-14-6-4-13(5-7-14)20-18-19-10-12-2-1-3-16(17(12)21-18)24-15-8-9-23-11-15/h1-3,10,13-15,22H,4-9,11H2,(H,19,20,21)/t13?,14?,15-/m1/s1. The minimum atomic E-state index is -0.158. The van der Waals surface area contributed by atoms with E-state index in [-0.39, 0.29) is 12.2 Å². The lowest BCUT2D eigenvalue weighted by Gasteiger charge is -2.26. The summed E-state index contributed by atoms with van der Waals surface area (Å²) in [5.74, 6) is 1.41. The molecule has 24 heavy (non-hydrogen) atoms. The number of nitrogens with one attached hydrogen (secondary N) is 1. The van der Waals surface area contributed by atoms with Crippen LogP contribution >= 0.6 is 0 Å². The number of aliphatic hydroxyl groups excluding tert-OH is 1. The lowest BCUT2D eigenvalue weighted by atomic mass is 9.93. The maximum Gasteiger partial charge on any atom is 0.223 e. The van der Waals surface area contributed by atoms with Gasteiger partial charge in [-0.1, -0.05) is 12.1 Å². The van der Waals surface area contributed by atoms with Crippen molar-refractivity contribution >= 4 is 16.9 Å². The minimum absolute atomic E-state index is 0.0989. The van der Waals surface area contributed by atoms with Gasteiger partial charge in [0.1, 0.15) is 17.4 Å². The molecule has 0 amide bonds. The zero-order chi connectivity index (χ0) is 16.4. The van der Waals surface area contributed by atoms with Gasteiger partial charge >= 0.3 is 0 Å². The van der Waals surface area contributed by atoms with Crippen LogP contribution in [0.25, 0.3) is 10.9 Å². The van der Waals surface area contributed by atoms with Crippen LogP contribution in [0.15, 0.2) is 24.4 Å². The average molecular weight is 329 g/mol. The van der Waals surface area contributed by atoms with Crippen molar-refractivity contribution in [2.75, 3.05) is 18.5 Å². The third kappa shape index (κ3) is 3.44. The van der Waals surface area contributed by atoms with Crippen LogP contribution < -0.4 is 10.1 Å². The number of anilines is 1. The van der Waals surface area contributed by atoms with Crippen LogP contribution in [0.1, 0.15) is 32.1 Å². The molecule has 1 saturated heterocycles. The zero-order valence-corrected chi connectivity index (χ0v) is 13.6. The Morgan fingerprint density at radius 3 is 2.83 bits per heavy atom. The molecule has 6 nitrogen and oxygen atoms in total. The molecule has 1 saturated carbocycles. The number of nitrogens with zero attached hydrogens (tertiary/aromatic N) is 2. The molecule has 0 bridgehead atoms. The molecular formula is C18H23N3O3. The summed E-state index contributed by atoms with van der Waals surface area (Å²) < 4.78 is 11.5. The van der Waals surface area contributed by atoms with Crippen LogP contribution in [0.2, 0.25) is 0 Å². The summed E-state index contributed by atoms with van der Waals surface area (Å²) in [6, 6.07) is 6.23. The van der Waals surface area contributed by atoms with Crippen molar-refractivity contribution in [3.63, 3.8) is 0 Å². The van der Waals surface area contributed by atoms with Crippen molar-refractivity contribution in [3.8, 4) is 5.75 Å². The van der Waals surface area contributed by atoms with Gasteiger partial charge in [0, 0.05) is 24.0 Å². The highest BCUT2D eigenvalue weighted by atomic mass is 16.5. The van der Waals surface area contributed by atoms with E-state index in [2.05, 4.69) is 15.3 Å². The highest BCUT2D eigenvalue weighted by Gasteiger charge is 2.21. The molecule has 0 radical (unpaired) electrons. The van der Waals surface area contributed by atoms with E-state index in [0.717, 1.165) is 55.4 Å². The first kappa shape index (κ1) is 15.6. The number of hydrogen-bond donors (Lipinski definition) is 2. The van der Waals surface area contributed by atoms with E-state index >= 15 is 0 Å². The Kier molecular flexibility index (Phi) is 4.49. The van der Waals surface area contributed by atoms with E-state index in [4.69, 9.17) is 9.47 Å². The van der Waals surface area contributed by atoms with Gasteiger partial charge < -0.3 is 19.9 Å². The number of rotatable bonds is 4. The summed E-state index contributed by atoms with van der Waals surface area (Å²) in [5, 5.41) is 14.0. The summed E-state index contributed by atoms with van der Waals surface area (Å²) in [5.41, 5.74) is 0.831. The van der Waals surface area contributed by atoms with E-state index in [1.807, 2.05) is 24.4 Å². The first-order valence-electron chi connectivity index (χ1n) is 8.73. The first-order chi connectivity index (χ1) is 11.8. The zero-order valence-electron chi connectivity index (χ0n) is 13.6. The summed E-state index contributed by atoms with van der Waals surface area (Å²) >= 11 is 0. The average Bonchev–Trinajstić information content (AvgIpc) is 3.11. The van der Waals surface area contributed by atoms with Crippen molar-refractivity contribution < 1.29 is 14.6 Å². The third-order valence-corrected chi connectivity index (χ3v) is 4.79. The molecule has 0 spiro atoms. The quantitative estimate of drug-likeness (QED) is 0.897. The van der Waals surface area contributed by atoms with Crippen LogP contribution in [0, 0.1) is 0 Å². The number of fused-ring (bicyclic) bond motifs is 1. The van der Waals surface area contributed by atoms with Gasteiger partial charge in [0.15, 0.2) is 0 Å². The normalized spacial score (nSPS) is 27.3. The monoisotopic (exact) mass is 329 g/mol. The van der Waals surface area contributed by atoms with Gasteiger partial charge in [-0.3, -0.25) is 0 Å². The van der Waals surface area contributed by atoms with Crippen molar-refractivity contribution in [1.82, 2.24) is 9.97 Å². The minimum Gasteiger partial charge on any atom is -0.486 e. The number of aliphatic hydroxyl groups is 1. The fraction of sp³-hybridized carbons (Fsp3) is 0.556. The largest absolute Gasteiger partial charge is 0.486 e. The molecule has 1 aliphatic heterocycles. The summed E-state index contributed by atoms with van der Waals surface area (Å²) in [7, 11) is 0. The van der Waals surface area contributed by atoms with E-state index in [9.17, 15) is 5.11 Å². The van der Waals surface area contributed by atoms with Crippen LogP contribution in [-0.2, 0) is 4.74 Å². The summed E-state index contributed by atoms with van der Waals surface area (Å²) in [4.78, 5) is 9.11. The highest BCUT2D eigenvalue weighted by molar-refractivity contribution is 5.84. The molecule has 128 valence electrons. The lowest BCUT2D eigenvalue weighted by Crippen LogP contribution is -2.28. The molecule has 1 atom stereocenters. The molecule has 1 aromatic carbocycles. The van der Waals surface area contributed by atoms with Gasteiger partial charge in [-0.2, -0.15) is 0 Å². The summed E-state index contributed by atoms with van der Waals surface area (Å²) in [6.07, 6.45) is 6.25. The molecule has 2 aliphatic rings. The molecule has 2 heterocycles. The number of aromatic nitrogens is 2. The number of benzene rings is 1. The van der Waals surface area contributed by atoms with Crippen molar-refractivity contribution in [2.24, 2.45) is 0 Å². The Bertz CT molecular complexity index is 695. The predicted octanol–water partition coefficient (Wildman–Crippen LogP) is 2.51. The number of ether oxygens (including phenoxy) is 2. The second-order valence-corrected chi connectivity index (χ2v) is 6.64. The topological polar surface area (TPSA) is 76.5 Å². The van der Waals surface area contributed by atoms with Crippen LogP contribution in [-0.4, -0.2) is 46.5 Å². The Morgan fingerprint density at radius 1 is 1.17 bits per heavy atom. The second-order valence-electron chi connectivity index (χ2n) is 6.64. The molecule has 2 fully saturated rings. The second kappa shape index (κ2) is 6.91. The van der Waals surface area contributed by atoms with E-state index in [0.29, 0.717) is 18.6 Å². The van der Waals surface area contributed by atoms with E-state index < -0.39 is 0 Å². The maximum atomic E-state index is 9.62. The smallest absolute Gasteiger partial charge is 0.223 e. The molecular weight excluding hydrogens is 306 g/mol. The third-order valence-electron chi connectivity index (χ3n) is 4.79. The Balaban J connectivity index is 1.54. The van der Waals surface area contributed by atoms with E-state index in [1.165, 1.54) is 0 Å². The molecule has 6 heteroatoms. The first-order valence-corrected chi connectivity index (χ1v) is 8.73. The van der Waals surface area contributed by atoms with Gasteiger partial charge in [-0.05, 0) is 31.7 Å². The molecule has 1 aliphatic carbocycles. The molecule has 1 aromatic heterocycles. The van der Waals surface area contributed by atoms with Crippen LogP contribution in [0.5, 0.6) is 5.75 Å². The Labute approximate surface area is 141 Å². The fourth-order valence-electron chi connectivity index (χ4n) is 3.38. The van der Waals surface area contributed by atoms with Gasteiger partial charge in [0.05, 0.1) is 19.3 Å². The predicted molar refractivity (Wildman–Crippen MR) is 91.3 cm³/mol. The van der Waals surface area contributed by atoms with Crippen LogP contribution in [0.3, 0.4) is 0 Å². The summed E-state index contributed by atoms with van der Waals surface area (Å²) in [6.45, 7) is 1.39. The van der Waals surface area contributed by atoms with Crippen molar-refractivity contribution in [3.05, 3.63) is 24.4 Å². The molecule has 4 rings (SSSR count). The van der Waals surface area contributed by atoms with Gasteiger partial charge in [-0.15, -0.1) is 0 Å². The molecule has 0 unspecified atom stereocenters. The van der Waals surface area contributed by atoms with Crippen molar-refractivity contribution in [1.29, 1.82) is 0 Å². The molecule has 2 aromatic rings. The Hall–Kier alpha value is -1.92. The number of hydrogen-bond acceptors (Lipinski definition) is 6. The Morgan fingerprint density at radius 2 is 2.04 bits per heavy atom.